The van der Waals surface area contributed by atoms with Crippen molar-refractivity contribution in [2.75, 3.05) is 13.1 Å². The van der Waals surface area contributed by atoms with Gasteiger partial charge in [0, 0.05) is 32.0 Å². The number of pyridine rings is 1. The molecule has 2 N–H and O–H groups in total. The van der Waals surface area contributed by atoms with Gasteiger partial charge < -0.3 is 5.11 Å². The summed E-state index contributed by atoms with van der Waals surface area (Å²) in [5, 5.41) is 9.02. The highest BCUT2D eigenvalue weighted by Crippen LogP contribution is 2.19. The molecule has 1 unspecified atom stereocenters. The first kappa shape index (κ1) is 15.9. The first-order chi connectivity index (χ1) is 9.90. The summed E-state index contributed by atoms with van der Waals surface area (Å²) >= 11 is 0. The summed E-state index contributed by atoms with van der Waals surface area (Å²) in [5.41, 5.74) is 1.75. The highest BCUT2D eigenvalue weighted by molar-refractivity contribution is 7.87. The van der Waals surface area contributed by atoms with E-state index in [9.17, 15) is 13.2 Å². The number of nitrogens with zero attached hydrogens (tertiary/aromatic N) is 2. The maximum Gasteiger partial charge on any atom is 0.307 e. The highest BCUT2D eigenvalue weighted by atomic mass is 32.2. The number of hydrogen-bond donors (Lipinski definition) is 2. The smallest absolute Gasteiger partial charge is 0.307 e. The molecule has 7 nitrogen and oxygen atoms in total. The van der Waals surface area contributed by atoms with Crippen LogP contribution < -0.4 is 4.72 Å². The monoisotopic (exact) mass is 313 g/mol. The second-order valence-electron chi connectivity index (χ2n) is 5.16. The number of rotatable bonds is 5. The number of carboxylic acids is 1. The van der Waals surface area contributed by atoms with E-state index in [0.717, 1.165) is 11.1 Å². The number of nitrogens with one attached hydrogen (secondary N) is 1. The molecule has 0 aromatic carbocycles. The molecule has 0 radical (unpaired) electrons. The predicted octanol–water partition coefficient (Wildman–Crippen LogP) is 0.521. The lowest BCUT2D eigenvalue weighted by molar-refractivity contribution is -0.142. The van der Waals surface area contributed by atoms with Crippen LogP contribution in [0.3, 0.4) is 0 Å². The van der Waals surface area contributed by atoms with E-state index in [1.165, 1.54) is 4.31 Å². The topological polar surface area (TPSA) is 99.6 Å². The molecule has 21 heavy (non-hydrogen) atoms. The predicted molar refractivity (Wildman–Crippen MR) is 76.7 cm³/mol. The zero-order chi connectivity index (χ0) is 15.5. The molecule has 0 bridgehead atoms. The van der Waals surface area contributed by atoms with E-state index in [2.05, 4.69) is 9.71 Å². The Morgan fingerprint density at radius 3 is 3.00 bits per heavy atom. The summed E-state index contributed by atoms with van der Waals surface area (Å²) < 4.78 is 28.2. The Balaban J connectivity index is 2.01. The van der Waals surface area contributed by atoms with Gasteiger partial charge in [0.2, 0.25) is 0 Å². The number of piperidine rings is 1. The molecule has 1 aliphatic heterocycles. The van der Waals surface area contributed by atoms with E-state index in [0.29, 0.717) is 19.4 Å². The summed E-state index contributed by atoms with van der Waals surface area (Å²) in [6.45, 7) is 2.41. The Morgan fingerprint density at radius 2 is 2.33 bits per heavy atom. The average molecular weight is 313 g/mol. The van der Waals surface area contributed by atoms with Crippen LogP contribution in [0.1, 0.15) is 24.0 Å². The van der Waals surface area contributed by atoms with Crippen molar-refractivity contribution in [1.82, 2.24) is 14.0 Å². The molecule has 2 rings (SSSR count). The normalized spacial score (nSPS) is 20.3. The van der Waals surface area contributed by atoms with Gasteiger partial charge in [-0.3, -0.25) is 9.78 Å². The minimum atomic E-state index is -3.67. The Kier molecular flexibility index (Phi) is 4.92. The van der Waals surface area contributed by atoms with E-state index < -0.39 is 22.1 Å². The minimum absolute atomic E-state index is 0.0245. The van der Waals surface area contributed by atoms with Crippen molar-refractivity contribution in [2.24, 2.45) is 5.92 Å². The zero-order valence-corrected chi connectivity index (χ0v) is 12.6. The molecule has 1 fully saturated rings. The first-order valence-corrected chi connectivity index (χ1v) is 8.21. The van der Waals surface area contributed by atoms with Gasteiger partial charge in [-0.25, -0.2) is 0 Å². The molecule has 0 amide bonds. The molecule has 0 aliphatic carbocycles. The molecule has 116 valence electrons. The summed E-state index contributed by atoms with van der Waals surface area (Å²) in [5.74, 6) is -1.58. The van der Waals surface area contributed by atoms with E-state index in [4.69, 9.17) is 5.11 Å². The quantitative estimate of drug-likeness (QED) is 0.825. The third-order valence-electron chi connectivity index (χ3n) is 3.67. The SMILES string of the molecule is Cc1ccncc1CNS(=O)(=O)N1CCCC(C(=O)O)C1. The largest absolute Gasteiger partial charge is 0.481 e. The van der Waals surface area contributed by atoms with Crippen LogP contribution in [0, 0.1) is 12.8 Å². The summed E-state index contributed by atoms with van der Waals surface area (Å²) in [7, 11) is -3.67. The number of aromatic nitrogens is 1. The van der Waals surface area contributed by atoms with E-state index >= 15 is 0 Å². The van der Waals surface area contributed by atoms with Crippen LogP contribution in [0.4, 0.5) is 0 Å². The molecule has 8 heteroatoms. The molecule has 1 aliphatic rings. The van der Waals surface area contributed by atoms with Crippen molar-refractivity contribution in [3.05, 3.63) is 29.6 Å². The second-order valence-corrected chi connectivity index (χ2v) is 6.92. The molecular formula is C13H19N3O4S. The third-order valence-corrected chi connectivity index (χ3v) is 5.19. The van der Waals surface area contributed by atoms with Crippen molar-refractivity contribution >= 4 is 16.2 Å². The fourth-order valence-electron chi connectivity index (χ4n) is 2.30. The van der Waals surface area contributed by atoms with Crippen LogP contribution in [0.15, 0.2) is 18.5 Å². The summed E-state index contributed by atoms with van der Waals surface area (Å²) in [6.07, 6.45) is 4.34. The van der Waals surface area contributed by atoms with Crippen molar-refractivity contribution in [3.8, 4) is 0 Å². The highest BCUT2D eigenvalue weighted by Gasteiger charge is 2.32. The van der Waals surface area contributed by atoms with Gasteiger partial charge in [-0.1, -0.05) is 0 Å². The average Bonchev–Trinajstić information content (AvgIpc) is 2.46. The third kappa shape index (κ3) is 3.99. The molecule has 1 saturated heterocycles. The molecule has 0 spiro atoms. The van der Waals surface area contributed by atoms with Crippen molar-refractivity contribution < 1.29 is 18.3 Å². The maximum absolute atomic E-state index is 12.2. The maximum atomic E-state index is 12.2. The lowest BCUT2D eigenvalue weighted by atomic mass is 10.0. The number of aliphatic carboxylic acids is 1. The molecule has 1 aromatic heterocycles. The van der Waals surface area contributed by atoms with Crippen LogP contribution in [-0.4, -0.2) is 41.9 Å². The van der Waals surface area contributed by atoms with Gasteiger partial charge in [0.1, 0.15) is 0 Å². The first-order valence-electron chi connectivity index (χ1n) is 6.77. The molecular weight excluding hydrogens is 294 g/mol. The van der Waals surface area contributed by atoms with Gasteiger partial charge in [0.15, 0.2) is 0 Å². The van der Waals surface area contributed by atoms with Crippen LogP contribution >= 0.6 is 0 Å². The summed E-state index contributed by atoms with van der Waals surface area (Å²) in [6, 6.07) is 1.81. The summed E-state index contributed by atoms with van der Waals surface area (Å²) in [4.78, 5) is 15.0. The van der Waals surface area contributed by atoms with Crippen molar-refractivity contribution in [1.29, 1.82) is 0 Å². The molecule has 2 heterocycles. The van der Waals surface area contributed by atoms with Crippen LogP contribution in [0.25, 0.3) is 0 Å². The van der Waals surface area contributed by atoms with E-state index in [1.807, 2.05) is 13.0 Å². The fourth-order valence-corrected chi connectivity index (χ4v) is 3.57. The lowest BCUT2D eigenvalue weighted by Gasteiger charge is -2.29. The Labute approximate surface area is 124 Å². The van der Waals surface area contributed by atoms with Crippen LogP contribution in [0.5, 0.6) is 0 Å². The standard InChI is InChI=1S/C13H19N3O4S/c1-10-4-5-14-7-12(10)8-15-21(19,20)16-6-2-3-11(9-16)13(17)18/h4-5,7,11,15H,2-3,6,8-9H2,1H3,(H,17,18). The fraction of sp³-hybridized carbons (Fsp3) is 0.538. The Bertz CT molecular complexity index is 618. The Morgan fingerprint density at radius 1 is 1.57 bits per heavy atom. The van der Waals surface area contributed by atoms with E-state index in [1.54, 1.807) is 12.4 Å². The van der Waals surface area contributed by atoms with Crippen LogP contribution in [0.2, 0.25) is 0 Å². The Hall–Kier alpha value is -1.51. The zero-order valence-electron chi connectivity index (χ0n) is 11.8. The molecule has 1 atom stereocenters. The van der Waals surface area contributed by atoms with Gasteiger partial charge in [-0.15, -0.1) is 0 Å². The molecule has 1 aromatic rings. The second kappa shape index (κ2) is 6.50. The number of aryl methyl sites for hydroxylation is 1. The van der Waals surface area contributed by atoms with Gasteiger partial charge in [-0.2, -0.15) is 17.4 Å². The van der Waals surface area contributed by atoms with Crippen molar-refractivity contribution in [3.63, 3.8) is 0 Å². The lowest BCUT2D eigenvalue weighted by Crippen LogP contribution is -2.47. The van der Waals surface area contributed by atoms with Gasteiger partial charge in [0.05, 0.1) is 5.92 Å². The van der Waals surface area contributed by atoms with E-state index in [-0.39, 0.29) is 13.1 Å². The minimum Gasteiger partial charge on any atom is -0.481 e. The van der Waals surface area contributed by atoms with Crippen molar-refractivity contribution in [2.45, 2.75) is 26.3 Å². The molecule has 0 saturated carbocycles. The number of hydrogen-bond acceptors (Lipinski definition) is 4. The van der Waals surface area contributed by atoms with Gasteiger partial charge in [0.25, 0.3) is 10.2 Å². The van der Waals surface area contributed by atoms with Gasteiger partial charge in [-0.05, 0) is 37.0 Å². The number of carbonyl (C=O) groups is 1. The van der Waals surface area contributed by atoms with Crippen LogP contribution in [-0.2, 0) is 21.5 Å². The van der Waals surface area contributed by atoms with Gasteiger partial charge >= 0.3 is 5.97 Å². The number of carboxylic acid groups (broad SMARTS) is 1.